The van der Waals surface area contributed by atoms with Crippen molar-refractivity contribution < 1.29 is 4.79 Å². The first kappa shape index (κ1) is 21.6. The molecule has 0 saturated heterocycles. The van der Waals surface area contributed by atoms with Gasteiger partial charge in [-0.25, -0.2) is 0 Å². The minimum absolute atomic E-state index is 0.105. The Bertz CT molecular complexity index is 567. The second-order valence-electron chi connectivity index (χ2n) is 8.12. The van der Waals surface area contributed by atoms with Gasteiger partial charge < -0.3 is 11.1 Å². The van der Waals surface area contributed by atoms with E-state index in [-0.39, 0.29) is 11.7 Å². The molecule has 152 valence electrons. The van der Waals surface area contributed by atoms with Gasteiger partial charge in [0.1, 0.15) is 0 Å². The molecular formula is C22H38N4O. The zero-order chi connectivity index (χ0) is 19.5. The second kappa shape index (κ2) is 11.9. The number of nitrogens with one attached hydrogen (secondary N) is 1. The molecule has 0 aliphatic heterocycles. The van der Waals surface area contributed by atoms with Crippen LogP contribution in [-0.4, -0.2) is 22.6 Å². The van der Waals surface area contributed by atoms with Crippen LogP contribution in [-0.2, 0) is 0 Å². The molecule has 1 heterocycles. The average Bonchev–Trinajstić information content (AvgIpc) is 2.64. The van der Waals surface area contributed by atoms with Crippen molar-refractivity contribution in [3.63, 3.8) is 0 Å². The van der Waals surface area contributed by atoms with Crippen molar-refractivity contribution in [1.29, 1.82) is 0 Å². The van der Waals surface area contributed by atoms with Crippen LogP contribution >= 0.6 is 0 Å². The van der Waals surface area contributed by atoms with E-state index in [1.165, 1.54) is 51.4 Å². The van der Waals surface area contributed by atoms with Crippen LogP contribution in [0.25, 0.3) is 0 Å². The molecule has 0 bridgehead atoms. The van der Waals surface area contributed by atoms with Gasteiger partial charge in [0, 0.05) is 12.5 Å². The van der Waals surface area contributed by atoms with Crippen LogP contribution in [0, 0.1) is 5.92 Å². The van der Waals surface area contributed by atoms with E-state index in [0.29, 0.717) is 23.9 Å². The Kier molecular flexibility index (Phi) is 9.57. The number of carbonyl (C=O) groups is 1. The first-order valence-electron chi connectivity index (χ1n) is 11.1. The Morgan fingerprint density at radius 2 is 1.81 bits per heavy atom. The van der Waals surface area contributed by atoms with Crippen LogP contribution in [0.2, 0.25) is 0 Å². The molecule has 0 aromatic carbocycles. The summed E-state index contributed by atoms with van der Waals surface area (Å²) >= 11 is 0. The van der Waals surface area contributed by atoms with E-state index in [0.717, 1.165) is 31.4 Å². The van der Waals surface area contributed by atoms with Gasteiger partial charge >= 0.3 is 0 Å². The number of aromatic nitrogens is 2. The molecule has 1 aliphatic carbocycles. The van der Waals surface area contributed by atoms with E-state index in [1.54, 1.807) is 0 Å². The van der Waals surface area contributed by atoms with Crippen LogP contribution in [0.4, 0.5) is 5.82 Å². The molecule has 1 fully saturated rings. The zero-order valence-corrected chi connectivity index (χ0v) is 17.3. The van der Waals surface area contributed by atoms with Crippen LogP contribution in [0.3, 0.4) is 0 Å². The molecule has 1 aromatic heterocycles. The highest BCUT2D eigenvalue weighted by atomic mass is 16.1. The zero-order valence-electron chi connectivity index (χ0n) is 17.3. The molecule has 1 aromatic rings. The molecule has 1 aliphatic rings. The number of carbonyl (C=O) groups excluding carboxylic acids is 1. The highest BCUT2D eigenvalue weighted by molar-refractivity contribution is 5.98. The predicted octanol–water partition coefficient (Wildman–Crippen LogP) is 5.22. The van der Waals surface area contributed by atoms with Crippen LogP contribution in [0.1, 0.15) is 113 Å². The number of nitrogens with zero attached hydrogens (tertiary/aromatic N) is 2. The SMILES string of the molecule is CCCCC(CCC)CNC(=O)c1cc(C2CCCCCCC2)nnc1N. The van der Waals surface area contributed by atoms with Crippen LogP contribution in [0.15, 0.2) is 6.07 Å². The van der Waals surface area contributed by atoms with Crippen molar-refractivity contribution >= 4 is 11.7 Å². The van der Waals surface area contributed by atoms with Crippen LogP contribution in [0.5, 0.6) is 0 Å². The summed E-state index contributed by atoms with van der Waals surface area (Å²) in [7, 11) is 0. The second-order valence-corrected chi connectivity index (χ2v) is 8.12. The third kappa shape index (κ3) is 7.11. The number of nitrogen functional groups attached to an aromatic ring is 1. The van der Waals surface area contributed by atoms with Gasteiger partial charge in [-0.1, -0.05) is 65.2 Å². The summed E-state index contributed by atoms with van der Waals surface area (Å²) in [5.74, 6) is 1.08. The molecule has 2 rings (SSSR count). The monoisotopic (exact) mass is 374 g/mol. The summed E-state index contributed by atoms with van der Waals surface area (Å²) in [6.45, 7) is 5.13. The van der Waals surface area contributed by atoms with Crippen molar-refractivity contribution in [3.8, 4) is 0 Å². The largest absolute Gasteiger partial charge is 0.382 e. The summed E-state index contributed by atoms with van der Waals surface area (Å²) in [5.41, 5.74) is 7.42. The summed E-state index contributed by atoms with van der Waals surface area (Å²) < 4.78 is 0. The molecule has 3 N–H and O–H groups in total. The Balaban J connectivity index is 2.01. The summed E-state index contributed by atoms with van der Waals surface area (Å²) in [6.07, 6.45) is 14.5. The lowest BCUT2D eigenvalue weighted by molar-refractivity contribution is 0.0945. The molecule has 1 amide bonds. The number of amides is 1. The molecule has 0 spiro atoms. The minimum atomic E-state index is -0.105. The number of nitrogens with two attached hydrogens (primary N) is 1. The molecular weight excluding hydrogens is 336 g/mol. The van der Waals surface area contributed by atoms with Crippen molar-refractivity contribution in [2.45, 2.75) is 96.8 Å². The summed E-state index contributed by atoms with van der Waals surface area (Å²) in [4.78, 5) is 12.7. The summed E-state index contributed by atoms with van der Waals surface area (Å²) in [5, 5.41) is 11.5. The maximum absolute atomic E-state index is 12.7. The van der Waals surface area contributed by atoms with Gasteiger partial charge in [-0.15, -0.1) is 5.10 Å². The number of unbranched alkanes of at least 4 members (excludes halogenated alkanes) is 1. The minimum Gasteiger partial charge on any atom is -0.382 e. The van der Waals surface area contributed by atoms with E-state index in [4.69, 9.17) is 5.73 Å². The fourth-order valence-corrected chi connectivity index (χ4v) is 4.13. The molecule has 5 nitrogen and oxygen atoms in total. The quantitative estimate of drug-likeness (QED) is 0.620. The fourth-order valence-electron chi connectivity index (χ4n) is 4.13. The lowest BCUT2D eigenvalue weighted by Gasteiger charge is -2.20. The van der Waals surface area contributed by atoms with Gasteiger partial charge in [-0.05, 0) is 37.7 Å². The van der Waals surface area contributed by atoms with Gasteiger partial charge in [0.2, 0.25) is 0 Å². The average molecular weight is 375 g/mol. The first-order valence-corrected chi connectivity index (χ1v) is 11.1. The van der Waals surface area contributed by atoms with Crippen molar-refractivity contribution in [3.05, 3.63) is 17.3 Å². The topological polar surface area (TPSA) is 80.9 Å². The van der Waals surface area contributed by atoms with Gasteiger partial charge in [0.05, 0.1) is 11.3 Å². The maximum atomic E-state index is 12.7. The normalized spacial score (nSPS) is 17.1. The molecule has 5 heteroatoms. The Morgan fingerprint density at radius 3 is 2.48 bits per heavy atom. The van der Waals surface area contributed by atoms with Crippen molar-refractivity contribution in [2.75, 3.05) is 12.3 Å². The highest BCUT2D eigenvalue weighted by Crippen LogP contribution is 2.30. The molecule has 1 atom stereocenters. The predicted molar refractivity (Wildman–Crippen MR) is 112 cm³/mol. The van der Waals surface area contributed by atoms with Crippen molar-refractivity contribution in [1.82, 2.24) is 15.5 Å². The van der Waals surface area contributed by atoms with E-state index in [1.807, 2.05) is 6.07 Å². The highest BCUT2D eigenvalue weighted by Gasteiger charge is 2.20. The molecule has 27 heavy (non-hydrogen) atoms. The molecule has 0 radical (unpaired) electrons. The van der Waals surface area contributed by atoms with Gasteiger partial charge in [-0.2, -0.15) is 5.10 Å². The number of anilines is 1. The van der Waals surface area contributed by atoms with Crippen molar-refractivity contribution in [2.24, 2.45) is 5.92 Å². The third-order valence-electron chi connectivity index (χ3n) is 5.82. The lowest BCUT2D eigenvalue weighted by atomic mass is 9.88. The number of rotatable bonds is 9. The summed E-state index contributed by atoms with van der Waals surface area (Å²) in [6, 6.07) is 1.89. The Labute approximate surface area is 164 Å². The van der Waals surface area contributed by atoms with Gasteiger partial charge in [0.25, 0.3) is 5.91 Å². The van der Waals surface area contributed by atoms with Gasteiger partial charge in [0.15, 0.2) is 5.82 Å². The van der Waals surface area contributed by atoms with E-state index in [2.05, 4.69) is 29.4 Å². The Morgan fingerprint density at radius 1 is 1.11 bits per heavy atom. The lowest BCUT2D eigenvalue weighted by Crippen LogP contribution is -2.30. The van der Waals surface area contributed by atoms with E-state index in [9.17, 15) is 4.79 Å². The van der Waals surface area contributed by atoms with Gasteiger partial charge in [-0.3, -0.25) is 4.79 Å². The Hall–Kier alpha value is -1.65. The molecule has 1 saturated carbocycles. The van der Waals surface area contributed by atoms with Crippen LogP contribution < -0.4 is 11.1 Å². The standard InChI is InChI=1S/C22H38N4O/c1-3-5-12-17(11-4-2)16-24-22(27)19-15-20(25-26-21(19)23)18-13-9-7-6-8-10-14-18/h15,17-18H,3-14,16H2,1-2H3,(H2,23,26)(H,24,27). The number of hydrogen-bond donors (Lipinski definition) is 2. The first-order chi connectivity index (χ1) is 13.2. The fraction of sp³-hybridized carbons (Fsp3) is 0.773. The van der Waals surface area contributed by atoms with E-state index < -0.39 is 0 Å². The van der Waals surface area contributed by atoms with E-state index >= 15 is 0 Å². The smallest absolute Gasteiger partial charge is 0.255 e. The number of hydrogen-bond acceptors (Lipinski definition) is 4. The molecule has 1 unspecified atom stereocenters. The third-order valence-corrected chi connectivity index (χ3v) is 5.82. The maximum Gasteiger partial charge on any atom is 0.255 e.